The summed E-state index contributed by atoms with van der Waals surface area (Å²) in [5, 5.41) is 15.6. The van der Waals surface area contributed by atoms with E-state index in [1.165, 1.54) is 10.6 Å². The van der Waals surface area contributed by atoms with Crippen LogP contribution in [0.3, 0.4) is 0 Å². The van der Waals surface area contributed by atoms with Crippen LogP contribution in [0.4, 0.5) is 0 Å². The second-order valence-electron chi connectivity index (χ2n) is 5.49. The monoisotopic (exact) mass is 317 g/mol. The van der Waals surface area contributed by atoms with Gasteiger partial charge in [0.25, 0.3) is 0 Å². The van der Waals surface area contributed by atoms with Gasteiger partial charge in [0, 0.05) is 29.8 Å². The number of hydrogen-bond donors (Lipinski definition) is 0. The Labute approximate surface area is 131 Å². The Kier molecular flexibility index (Phi) is 3.19. The molecule has 0 aromatic carbocycles. The topological polar surface area (TPSA) is 46.8 Å². The molecular weight excluding hydrogens is 302 g/mol. The number of pyridine rings is 1. The Morgan fingerprint density at radius 1 is 1.33 bits per heavy atom. The summed E-state index contributed by atoms with van der Waals surface area (Å²) in [6, 6.07) is 4.11. The van der Waals surface area contributed by atoms with E-state index in [1.807, 2.05) is 30.2 Å². The third-order valence-electron chi connectivity index (χ3n) is 3.39. The fourth-order valence-corrected chi connectivity index (χ4v) is 4.76. The Bertz CT molecular complexity index is 695. The average molecular weight is 317 g/mol. The maximum absolute atomic E-state index is 4.36. The molecule has 0 bridgehead atoms. The average Bonchev–Trinajstić information content (AvgIpc) is 3.11. The van der Waals surface area contributed by atoms with Crippen LogP contribution in [0.2, 0.25) is 0 Å². The molecule has 5 nitrogen and oxygen atoms in total. The van der Waals surface area contributed by atoms with Crippen LogP contribution in [-0.4, -0.2) is 19.9 Å². The van der Waals surface area contributed by atoms with Gasteiger partial charge in [0.2, 0.25) is 5.16 Å². The zero-order valence-electron chi connectivity index (χ0n) is 11.8. The molecule has 4 rings (SSSR count). The molecule has 0 N–H and O–H groups in total. The molecule has 2 aromatic rings. The third-order valence-corrected chi connectivity index (χ3v) is 5.58. The van der Waals surface area contributed by atoms with Crippen molar-refractivity contribution in [3.63, 3.8) is 0 Å². The standard InChI is InChI=1S/C14H15N5S2/c1-9(2)6-11-16-17-14-18(11)19-12(21-14)8-20-13(19)10-4-3-5-15-7-10/h3-5,7-9,13H,6H2,1-2H3. The molecule has 0 radical (unpaired) electrons. The summed E-state index contributed by atoms with van der Waals surface area (Å²) in [6.07, 6.45) is 4.68. The van der Waals surface area contributed by atoms with Gasteiger partial charge in [-0.1, -0.05) is 31.7 Å². The van der Waals surface area contributed by atoms with Crippen LogP contribution in [0.1, 0.15) is 30.6 Å². The highest BCUT2D eigenvalue weighted by atomic mass is 32.2. The molecule has 0 spiro atoms. The van der Waals surface area contributed by atoms with Gasteiger partial charge >= 0.3 is 0 Å². The highest BCUT2D eigenvalue weighted by molar-refractivity contribution is 8.07. The van der Waals surface area contributed by atoms with Crippen molar-refractivity contribution in [3.8, 4) is 0 Å². The second-order valence-corrected chi connectivity index (χ2v) is 7.43. The predicted molar refractivity (Wildman–Crippen MR) is 85.3 cm³/mol. The van der Waals surface area contributed by atoms with Crippen molar-refractivity contribution >= 4 is 23.5 Å². The van der Waals surface area contributed by atoms with E-state index >= 15 is 0 Å². The first-order valence-electron chi connectivity index (χ1n) is 6.91. The second kappa shape index (κ2) is 5.06. The van der Waals surface area contributed by atoms with E-state index in [0.717, 1.165) is 17.4 Å². The third kappa shape index (κ3) is 2.15. The van der Waals surface area contributed by atoms with Crippen molar-refractivity contribution in [2.24, 2.45) is 5.92 Å². The number of rotatable bonds is 3. The Hall–Kier alpha value is -1.47. The van der Waals surface area contributed by atoms with Crippen molar-refractivity contribution < 1.29 is 0 Å². The van der Waals surface area contributed by atoms with Crippen LogP contribution in [0.15, 0.2) is 40.1 Å². The zero-order valence-corrected chi connectivity index (χ0v) is 13.4. The maximum Gasteiger partial charge on any atom is 0.216 e. The van der Waals surface area contributed by atoms with Gasteiger partial charge in [-0.2, -0.15) is 0 Å². The molecule has 21 heavy (non-hydrogen) atoms. The number of nitrogens with zero attached hydrogens (tertiary/aromatic N) is 5. The first-order chi connectivity index (χ1) is 10.2. The predicted octanol–water partition coefficient (Wildman–Crippen LogP) is 3.16. The van der Waals surface area contributed by atoms with E-state index in [4.69, 9.17) is 0 Å². The molecule has 7 heteroatoms. The van der Waals surface area contributed by atoms with Gasteiger partial charge in [-0.25, -0.2) is 4.68 Å². The molecule has 0 saturated carbocycles. The van der Waals surface area contributed by atoms with Crippen LogP contribution >= 0.6 is 23.5 Å². The van der Waals surface area contributed by atoms with Crippen LogP contribution < -0.4 is 5.01 Å². The van der Waals surface area contributed by atoms with Crippen molar-refractivity contribution in [2.45, 2.75) is 30.8 Å². The van der Waals surface area contributed by atoms with Crippen LogP contribution in [0.25, 0.3) is 0 Å². The zero-order chi connectivity index (χ0) is 14.4. The van der Waals surface area contributed by atoms with E-state index in [0.29, 0.717) is 5.92 Å². The van der Waals surface area contributed by atoms with Gasteiger partial charge in [-0.05, 0) is 23.7 Å². The van der Waals surface area contributed by atoms with Crippen LogP contribution in [-0.2, 0) is 6.42 Å². The smallest absolute Gasteiger partial charge is 0.216 e. The fraction of sp³-hybridized carbons (Fsp3) is 0.357. The molecule has 2 aliphatic rings. The largest absolute Gasteiger partial charge is 0.264 e. The number of thioether (sulfide) groups is 2. The highest BCUT2D eigenvalue weighted by Gasteiger charge is 2.39. The van der Waals surface area contributed by atoms with E-state index < -0.39 is 0 Å². The lowest BCUT2D eigenvalue weighted by atomic mass is 10.1. The Morgan fingerprint density at radius 2 is 2.24 bits per heavy atom. The van der Waals surface area contributed by atoms with Crippen molar-refractivity contribution in [1.29, 1.82) is 0 Å². The number of hydrogen-bond acceptors (Lipinski definition) is 6. The molecule has 1 atom stereocenters. The lowest BCUT2D eigenvalue weighted by Gasteiger charge is -2.25. The van der Waals surface area contributed by atoms with Crippen LogP contribution in [0, 0.1) is 5.92 Å². The fourth-order valence-electron chi connectivity index (χ4n) is 2.53. The first-order valence-corrected chi connectivity index (χ1v) is 8.67. The lowest BCUT2D eigenvalue weighted by molar-refractivity contribution is 0.551. The van der Waals surface area contributed by atoms with Crippen molar-refractivity contribution in [3.05, 3.63) is 46.4 Å². The lowest BCUT2D eigenvalue weighted by Crippen LogP contribution is -2.31. The molecule has 108 valence electrons. The molecule has 1 unspecified atom stereocenters. The van der Waals surface area contributed by atoms with Gasteiger partial charge in [0.1, 0.15) is 10.4 Å². The minimum atomic E-state index is 0.212. The summed E-state index contributed by atoms with van der Waals surface area (Å²) in [5.74, 6) is 1.59. The summed E-state index contributed by atoms with van der Waals surface area (Å²) in [4.78, 5) is 4.25. The van der Waals surface area contributed by atoms with Gasteiger partial charge < -0.3 is 0 Å². The van der Waals surface area contributed by atoms with Gasteiger partial charge in [-0.15, -0.1) is 10.2 Å². The van der Waals surface area contributed by atoms with Gasteiger partial charge in [-0.3, -0.25) is 9.99 Å². The normalized spacial score (nSPS) is 19.9. The molecular formula is C14H15N5S2. The minimum absolute atomic E-state index is 0.212. The van der Waals surface area contributed by atoms with Crippen molar-refractivity contribution in [1.82, 2.24) is 19.9 Å². The number of fused-ring (bicyclic) bond motifs is 3. The maximum atomic E-state index is 4.36. The number of aromatic nitrogens is 4. The highest BCUT2D eigenvalue weighted by Crippen LogP contribution is 2.51. The quantitative estimate of drug-likeness (QED) is 0.866. The van der Waals surface area contributed by atoms with Crippen molar-refractivity contribution in [2.75, 3.05) is 5.01 Å². The van der Waals surface area contributed by atoms with E-state index in [2.05, 4.69) is 50.2 Å². The summed E-state index contributed by atoms with van der Waals surface area (Å²) >= 11 is 3.50. The molecule has 0 amide bonds. The van der Waals surface area contributed by atoms with E-state index in [9.17, 15) is 0 Å². The van der Waals surface area contributed by atoms with Gasteiger partial charge in [0.15, 0.2) is 5.82 Å². The molecule has 0 fully saturated rings. The van der Waals surface area contributed by atoms with Crippen LogP contribution in [0.5, 0.6) is 0 Å². The summed E-state index contributed by atoms with van der Waals surface area (Å²) in [5.41, 5.74) is 1.20. The first kappa shape index (κ1) is 13.2. The summed E-state index contributed by atoms with van der Waals surface area (Å²) in [6.45, 7) is 4.41. The Morgan fingerprint density at radius 3 is 3.00 bits per heavy atom. The molecule has 0 aliphatic carbocycles. The Balaban J connectivity index is 1.74. The molecule has 4 heterocycles. The summed E-state index contributed by atoms with van der Waals surface area (Å²) < 4.78 is 2.17. The molecule has 0 saturated heterocycles. The van der Waals surface area contributed by atoms with Gasteiger partial charge in [0.05, 0.1) is 0 Å². The van der Waals surface area contributed by atoms with E-state index in [-0.39, 0.29) is 5.37 Å². The summed E-state index contributed by atoms with van der Waals surface area (Å²) in [7, 11) is 0. The van der Waals surface area contributed by atoms with E-state index in [1.54, 1.807) is 11.8 Å². The molecule has 2 aliphatic heterocycles. The minimum Gasteiger partial charge on any atom is -0.264 e. The molecule has 2 aromatic heterocycles. The SMILES string of the molecule is CC(C)Cc1nnc2n1N1C(=CSC1c1cccnc1)S2.